The number of benzene rings is 1. The highest BCUT2D eigenvalue weighted by atomic mass is 79.9. The van der Waals surface area contributed by atoms with Gasteiger partial charge in [0.05, 0.1) is 5.56 Å². The van der Waals surface area contributed by atoms with Gasteiger partial charge in [0.1, 0.15) is 5.69 Å². The van der Waals surface area contributed by atoms with Crippen molar-refractivity contribution in [1.82, 2.24) is 4.98 Å². The summed E-state index contributed by atoms with van der Waals surface area (Å²) in [5, 5.41) is 2.62. The average Bonchev–Trinajstić information content (AvgIpc) is 2.43. The highest BCUT2D eigenvalue weighted by Crippen LogP contribution is 2.25. The predicted molar refractivity (Wildman–Crippen MR) is 76.0 cm³/mol. The van der Waals surface area contributed by atoms with E-state index in [9.17, 15) is 13.6 Å². The van der Waals surface area contributed by atoms with Crippen LogP contribution in [0.5, 0.6) is 0 Å². The lowest BCUT2D eigenvalue weighted by Crippen LogP contribution is -2.16. The van der Waals surface area contributed by atoms with Gasteiger partial charge in [-0.1, -0.05) is 22.0 Å². The van der Waals surface area contributed by atoms with E-state index in [-0.39, 0.29) is 5.56 Å². The summed E-state index contributed by atoms with van der Waals surface area (Å²) in [6.45, 7) is 1.82. The molecule has 0 aliphatic heterocycles. The number of nitrogens with one attached hydrogen (secondary N) is 1. The van der Waals surface area contributed by atoms with Gasteiger partial charge < -0.3 is 5.32 Å². The van der Waals surface area contributed by atoms with Crippen LogP contribution >= 0.6 is 15.9 Å². The summed E-state index contributed by atoms with van der Waals surface area (Å²) in [6, 6.07) is 8.08. The molecule has 0 aliphatic carbocycles. The molecule has 2 rings (SSSR count). The Balaban J connectivity index is 2.31. The van der Waals surface area contributed by atoms with Gasteiger partial charge in [0.15, 0.2) is 0 Å². The summed E-state index contributed by atoms with van der Waals surface area (Å²) in [4.78, 5) is 15.7. The molecule has 1 amide bonds. The first-order chi connectivity index (χ1) is 9.50. The summed E-state index contributed by atoms with van der Waals surface area (Å²) in [7, 11) is 0. The molecular weight excluding hydrogens is 330 g/mol. The maximum atomic E-state index is 12.8. The Kier molecular flexibility index (Phi) is 4.44. The van der Waals surface area contributed by atoms with Crippen molar-refractivity contribution in [3.8, 4) is 0 Å². The molecule has 0 bridgehead atoms. The summed E-state index contributed by atoms with van der Waals surface area (Å²) < 4.78 is 26.5. The topological polar surface area (TPSA) is 42.0 Å². The van der Waals surface area contributed by atoms with E-state index in [1.54, 1.807) is 12.1 Å². The van der Waals surface area contributed by atoms with Crippen LogP contribution in [0, 0.1) is 6.92 Å². The van der Waals surface area contributed by atoms with Gasteiger partial charge in [0, 0.05) is 16.4 Å². The minimum absolute atomic E-state index is 0.123. The Hall–Kier alpha value is -1.82. The van der Waals surface area contributed by atoms with Crippen molar-refractivity contribution in [2.45, 2.75) is 13.3 Å². The van der Waals surface area contributed by atoms with Crippen LogP contribution in [0.15, 0.2) is 41.0 Å². The van der Waals surface area contributed by atoms with Crippen LogP contribution in [0.1, 0.15) is 28.0 Å². The van der Waals surface area contributed by atoms with Gasteiger partial charge in [-0.05, 0) is 36.8 Å². The smallest absolute Gasteiger partial charge is 0.281 e. The zero-order chi connectivity index (χ0) is 14.7. The Morgan fingerprint density at radius 2 is 2.05 bits per heavy atom. The van der Waals surface area contributed by atoms with Gasteiger partial charge in [0.25, 0.3) is 12.3 Å². The number of carbonyl (C=O) groups excluding carboxylic acids is 1. The molecule has 1 aromatic heterocycles. The number of pyridine rings is 1. The molecule has 1 heterocycles. The average molecular weight is 341 g/mol. The summed E-state index contributed by atoms with van der Waals surface area (Å²) in [6.07, 6.45) is -1.55. The Morgan fingerprint density at radius 1 is 1.30 bits per heavy atom. The number of hydrogen-bond acceptors (Lipinski definition) is 2. The number of carbonyl (C=O) groups is 1. The fraction of sp³-hybridized carbons (Fsp3) is 0.143. The lowest BCUT2D eigenvalue weighted by Gasteiger charge is -2.11. The largest absolute Gasteiger partial charge is 0.322 e. The van der Waals surface area contributed by atoms with Crippen LogP contribution in [0.3, 0.4) is 0 Å². The molecule has 20 heavy (non-hydrogen) atoms. The molecule has 2 aromatic rings. The lowest BCUT2D eigenvalue weighted by molar-refractivity contribution is 0.100. The Morgan fingerprint density at radius 3 is 2.75 bits per heavy atom. The maximum absolute atomic E-state index is 12.8. The van der Waals surface area contributed by atoms with Crippen molar-refractivity contribution in [1.29, 1.82) is 0 Å². The molecule has 0 unspecified atom stereocenters. The number of halogens is 3. The van der Waals surface area contributed by atoms with Gasteiger partial charge in [-0.3, -0.25) is 9.78 Å². The van der Waals surface area contributed by atoms with E-state index in [0.29, 0.717) is 5.69 Å². The van der Waals surface area contributed by atoms with Crippen LogP contribution in [0.25, 0.3) is 0 Å². The fourth-order valence-corrected chi connectivity index (χ4v) is 2.08. The van der Waals surface area contributed by atoms with Crippen LogP contribution in [0.4, 0.5) is 14.5 Å². The molecule has 0 aliphatic rings. The molecule has 104 valence electrons. The third-order valence-corrected chi connectivity index (χ3v) is 3.66. The van der Waals surface area contributed by atoms with Gasteiger partial charge in [-0.25, -0.2) is 8.78 Å². The first-order valence-corrected chi connectivity index (χ1v) is 6.59. The monoisotopic (exact) mass is 340 g/mol. The molecule has 1 N–H and O–H groups in total. The molecule has 6 heteroatoms. The van der Waals surface area contributed by atoms with Crippen molar-refractivity contribution in [3.63, 3.8) is 0 Å². The third-order valence-electron chi connectivity index (χ3n) is 2.81. The second kappa shape index (κ2) is 6.09. The highest BCUT2D eigenvalue weighted by Gasteiger charge is 2.19. The number of rotatable bonds is 3. The van der Waals surface area contributed by atoms with E-state index in [2.05, 4.69) is 26.2 Å². The van der Waals surface area contributed by atoms with E-state index in [4.69, 9.17) is 0 Å². The van der Waals surface area contributed by atoms with Crippen molar-refractivity contribution >= 4 is 27.5 Å². The number of alkyl halides is 2. The number of nitrogens with zero attached hydrogens (tertiary/aromatic N) is 1. The molecule has 0 radical (unpaired) electrons. The van der Waals surface area contributed by atoms with E-state index in [1.807, 2.05) is 13.0 Å². The van der Waals surface area contributed by atoms with Crippen LogP contribution in [-0.4, -0.2) is 10.9 Å². The molecule has 1 aromatic carbocycles. The minimum Gasteiger partial charge on any atom is -0.322 e. The molecule has 0 fully saturated rings. The second-order valence-electron chi connectivity index (χ2n) is 4.10. The van der Waals surface area contributed by atoms with Crippen LogP contribution in [0.2, 0.25) is 0 Å². The van der Waals surface area contributed by atoms with Crippen molar-refractivity contribution in [2.75, 3.05) is 5.32 Å². The zero-order valence-corrected chi connectivity index (χ0v) is 12.1. The van der Waals surface area contributed by atoms with Crippen molar-refractivity contribution < 1.29 is 13.6 Å². The molecular formula is C14H11BrF2N2O. The lowest BCUT2D eigenvalue weighted by atomic mass is 10.1. The van der Waals surface area contributed by atoms with E-state index in [0.717, 1.165) is 10.0 Å². The van der Waals surface area contributed by atoms with Gasteiger partial charge in [-0.2, -0.15) is 0 Å². The number of aromatic nitrogens is 1. The second-order valence-corrected chi connectivity index (χ2v) is 4.96. The Labute approximate surface area is 123 Å². The minimum atomic E-state index is -2.79. The normalized spacial score (nSPS) is 10.7. The molecule has 0 spiro atoms. The van der Waals surface area contributed by atoms with Crippen molar-refractivity contribution in [3.05, 3.63) is 57.8 Å². The first-order valence-electron chi connectivity index (χ1n) is 5.80. The van der Waals surface area contributed by atoms with Gasteiger partial charge >= 0.3 is 0 Å². The third kappa shape index (κ3) is 3.01. The summed E-state index contributed by atoms with van der Waals surface area (Å²) in [5.74, 6) is -0.602. The predicted octanol–water partition coefficient (Wildman–Crippen LogP) is 4.34. The number of amides is 1. The van der Waals surface area contributed by atoms with Gasteiger partial charge in [0.2, 0.25) is 0 Å². The highest BCUT2D eigenvalue weighted by molar-refractivity contribution is 9.10. The zero-order valence-electron chi connectivity index (χ0n) is 10.5. The first kappa shape index (κ1) is 14.6. The van der Waals surface area contributed by atoms with Crippen molar-refractivity contribution in [2.24, 2.45) is 0 Å². The van der Waals surface area contributed by atoms with E-state index < -0.39 is 18.0 Å². The number of anilines is 1. The quantitative estimate of drug-likeness (QED) is 0.902. The van der Waals surface area contributed by atoms with E-state index in [1.165, 1.54) is 18.3 Å². The summed E-state index contributed by atoms with van der Waals surface area (Å²) in [5.41, 5.74) is 0.747. The van der Waals surface area contributed by atoms with Gasteiger partial charge in [-0.15, -0.1) is 0 Å². The molecule has 0 saturated heterocycles. The van der Waals surface area contributed by atoms with Crippen LogP contribution in [-0.2, 0) is 0 Å². The van der Waals surface area contributed by atoms with E-state index >= 15 is 0 Å². The molecule has 0 saturated carbocycles. The Bertz CT molecular complexity index is 647. The summed E-state index contributed by atoms with van der Waals surface area (Å²) >= 11 is 3.35. The number of hydrogen-bond donors (Lipinski definition) is 1. The SMILES string of the molecule is Cc1c(Br)cccc1NC(=O)c1cccnc1C(F)F. The fourth-order valence-electron chi connectivity index (χ4n) is 1.72. The van der Waals surface area contributed by atoms with Crippen LogP contribution < -0.4 is 5.32 Å². The molecule has 3 nitrogen and oxygen atoms in total. The maximum Gasteiger partial charge on any atom is 0.281 e. The standard InChI is InChI=1S/C14H11BrF2N2O/c1-8-10(15)5-2-6-11(8)19-14(20)9-4-3-7-18-12(9)13(16)17/h2-7,13H,1H3,(H,19,20). The molecule has 0 atom stereocenters.